The van der Waals surface area contributed by atoms with Gasteiger partial charge >= 0.3 is 0 Å². The highest BCUT2D eigenvalue weighted by Crippen LogP contribution is 2.09. The van der Waals surface area contributed by atoms with Crippen LogP contribution in [0.3, 0.4) is 0 Å². The molecule has 0 saturated heterocycles. The van der Waals surface area contributed by atoms with E-state index in [1.807, 2.05) is 25.7 Å². The van der Waals surface area contributed by atoms with Crippen LogP contribution in [-0.2, 0) is 4.79 Å². The van der Waals surface area contributed by atoms with E-state index in [0.717, 1.165) is 6.54 Å². The molecule has 0 N–H and O–H groups in total. The minimum atomic E-state index is -0.193. The monoisotopic (exact) mass is 203 g/mol. The van der Waals surface area contributed by atoms with Crippen molar-refractivity contribution in [3.63, 3.8) is 0 Å². The van der Waals surface area contributed by atoms with Crippen LogP contribution in [0.1, 0.15) is 34.6 Å². The predicted octanol–water partition coefficient (Wildman–Crippen LogP) is 2.20. The molecule has 0 rings (SSSR count). The summed E-state index contributed by atoms with van der Waals surface area (Å²) < 4.78 is 0. The summed E-state index contributed by atoms with van der Waals surface area (Å²) in [6, 6.07) is 0.268. The van der Waals surface area contributed by atoms with Gasteiger partial charge in [-0.15, -0.1) is 0 Å². The zero-order valence-electron chi connectivity index (χ0n) is 9.24. The topological polar surface area (TPSA) is 20.3 Å². The third-order valence-corrected chi connectivity index (χ3v) is 2.05. The first kappa shape index (κ1) is 12.8. The summed E-state index contributed by atoms with van der Waals surface area (Å²) in [5, 5.41) is -0.193. The van der Waals surface area contributed by atoms with E-state index in [2.05, 4.69) is 26.5 Å². The largest absolute Gasteiger partial charge is 0.339 e. The first-order valence-corrected chi connectivity index (χ1v) is 5.36. The Labute approximate surface area is 87.1 Å². The number of carbonyl (C=O) groups is 1. The van der Waals surface area contributed by atoms with Crippen molar-refractivity contribution in [3.8, 4) is 0 Å². The molecule has 0 saturated carbocycles. The number of carbonyl (C=O) groups excluding carboxylic acids is 1. The molecule has 1 amide bonds. The first-order valence-electron chi connectivity index (χ1n) is 4.84. The van der Waals surface area contributed by atoms with Crippen molar-refractivity contribution < 1.29 is 4.79 Å². The van der Waals surface area contributed by atoms with Gasteiger partial charge in [-0.05, 0) is 26.7 Å². The lowest BCUT2D eigenvalue weighted by atomic mass is 10.1. The van der Waals surface area contributed by atoms with Gasteiger partial charge < -0.3 is 4.90 Å². The third-order valence-electron chi connectivity index (χ3n) is 1.83. The molecule has 1 unspecified atom stereocenters. The van der Waals surface area contributed by atoms with Gasteiger partial charge in [-0.3, -0.25) is 4.79 Å². The van der Waals surface area contributed by atoms with Crippen LogP contribution in [0.5, 0.6) is 0 Å². The Bertz CT molecular complexity index is 166. The molecule has 13 heavy (non-hydrogen) atoms. The molecular weight excluding hydrogens is 182 g/mol. The Balaban J connectivity index is 4.33. The Morgan fingerprint density at radius 1 is 1.23 bits per heavy atom. The standard InChI is InChI=1S/C10H21NOS/c1-7(2)6-11(8(3)4)10(12)9(5)13/h7-9,13H,6H2,1-5H3. The summed E-state index contributed by atoms with van der Waals surface area (Å²) in [5.41, 5.74) is 0. The molecule has 0 aliphatic heterocycles. The van der Waals surface area contributed by atoms with Crippen LogP contribution in [0.2, 0.25) is 0 Å². The van der Waals surface area contributed by atoms with Crippen LogP contribution in [0.4, 0.5) is 0 Å². The molecule has 0 aromatic carbocycles. The van der Waals surface area contributed by atoms with Gasteiger partial charge in [-0.2, -0.15) is 12.6 Å². The molecule has 3 heteroatoms. The van der Waals surface area contributed by atoms with Gasteiger partial charge in [0.25, 0.3) is 0 Å². The van der Waals surface area contributed by atoms with Gasteiger partial charge in [0, 0.05) is 12.6 Å². The Morgan fingerprint density at radius 3 is 1.92 bits per heavy atom. The smallest absolute Gasteiger partial charge is 0.235 e. The van der Waals surface area contributed by atoms with Crippen molar-refractivity contribution in [2.24, 2.45) is 5.92 Å². The van der Waals surface area contributed by atoms with Gasteiger partial charge in [-0.25, -0.2) is 0 Å². The molecule has 0 fully saturated rings. The molecule has 0 radical (unpaired) electrons. The Kier molecular flexibility index (Phi) is 5.45. The lowest BCUT2D eigenvalue weighted by Crippen LogP contribution is -2.42. The predicted molar refractivity (Wildman–Crippen MR) is 60.1 cm³/mol. The zero-order valence-corrected chi connectivity index (χ0v) is 10.1. The summed E-state index contributed by atoms with van der Waals surface area (Å²) in [6.45, 7) is 11.0. The van der Waals surface area contributed by atoms with Crippen molar-refractivity contribution >= 4 is 18.5 Å². The van der Waals surface area contributed by atoms with Crippen molar-refractivity contribution in [1.82, 2.24) is 4.90 Å². The van der Waals surface area contributed by atoms with Crippen LogP contribution in [0, 0.1) is 5.92 Å². The maximum atomic E-state index is 11.7. The van der Waals surface area contributed by atoms with E-state index in [1.54, 1.807) is 0 Å². The van der Waals surface area contributed by atoms with E-state index in [9.17, 15) is 4.79 Å². The molecule has 0 spiro atoms. The van der Waals surface area contributed by atoms with Crippen LogP contribution in [0.15, 0.2) is 0 Å². The van der Waals surface area contributed by atoms with Gasteiger partial charge in [-0.1, -0.05) is 13.8 Å². The summed E-state index contributed by atoms with van der Waals surface area (Å²) >= 11 is 4.16. The Hall–Kier alpha value is -0.180. The summed E-state index contributed by atoms with van der Waals surface area (Å²) in [5.74, 6) is 0.644. The van der Waals surface area contributed by atoms with E-state index in [1.165, 1.54) is 0 Å². The number of thiol groups is 1. The highest BCUT2D eigenvalue weighted by molar-refractivity contribution is 7.81. The first-order chi connectivity index (χ1) is 5.86. The van der Waals surface area contributed by atoms with Crippen molar-refractivity contribution in [3.05, 3.63) is 0 Å². The molecule has 0 aromatic heterocycles. The van der Waals surface area contributed by atoms with Gasteiger partial charge in [0.15, 0.2) is 0 Å². The number of amides is 1. The zero-order chi connectivity index (χ0) is 10.6. The SMILES string of the molecule is CC(C)CN(C(=O)C(C)S)C(C)C. The lowest BCUT2D eigenvalue weighted by Gasteiger charge is -2.29. The number of hydrogen-bond acceptors (Lipinski definition) is 2. The van der Waals surface area contributed by atoms with Crippen LogP contribution < -0.4 is 0 Å². The van der Waals surface area contributed by atoms with E-state index >= 15 is 0 Å². The Morgan fingerprint density at radius 2 is 1.69 bits per heavy atom. The van der Waals surface area contributed by atoms with E-state index < -0.39 is 0 Å². The third kappa shape index (κ3) is 4.55. The fourth-order valence-electron chi connectivity index (χ4n) is 1.19. The van der Waals surface area contributed by atoms with E-state index in [0.29, 0.717) is 5.92 Å². The number of hydrogen-bond donors (Lipinski definition) is 1. The second kappa shape index (κ2) is 5.53. The summed E-state index contributed by atoms with van der Waals surface area (Å²) in [7, 11) is 0. The quantitative estimate of drug-likeness (QED) is 0.695. The fraction of sp³-hybridized carbons (Fsp3) is 0.900. The highest BCUT2D eigenvalue weighted by atomic mass is 32.1. The molecule has 0 aromatic rings. The minimum Gasteiger partial charge on any atom is -0.339 e. The molecule has 0 aliphatic rings. The van der Waals surface area contributed by atoms with E-state index in [-0.39, 0.29) is 17.2 Å². The number of rotatable bonds is 4. The van der Waals surface area contributed by atoms with Crippen molar-refractivity contribution in [1.29, 1.82) is 0 Å². The molecule has 78 valence electrons. The molecular formula is C10H21NOS. The van der Waals surface area contributed by atoms with Crippen LogP contribution in [0.25, 0.3) is 0 Å². The maximum Gasteiger partial charge on any atom is 0.235 e. The molecule has 1 atom stereocenters. The second-order valence-corrected chi connectivity index (χ2v) is 4.93. The van der Waals surface area contributed by atoms with E-state index in [4.69, 9.17) is 0 Å². The number of nitrogens with zero attached hydrogens (tertiary/aromatic N) is 1. The lowest BCUT2D eigenvalue weighted by molar-refractivity contribution is -0.132. The average Bonchev–Trinajstić information content (AvgIpc) is 1.97. The average molecular weight is 203 g/mol. The van der Waals surface area contributed by atoms with Crippen molar-refractivity contribution in [2.75, 3.05) is 6.54 Å². The second-order valence-electron chi connectivity index (χ2n) is 4.15. The van der Waals surface area contributed by atoms with Gasteiger partial charge in [0.05, 0.1) is 5.25 Å². The molecule has 0 bridgehead atoms. The van der Waals surface area contributed by atoms with Crippen molar-refractivity contribution in [2.45, 2.75) is 45.9 Å². The van der Waals surface area contributed by atoms with Crippen LogP contribution >= 0.6 is 12.6 Å². The minimum absolute atomic E-state index is 0.132. The molecule has 0 heterocycles. The fourth-order valence-corrected chi connectivity index (χ4v) is 1.34. The normalized spacial score (nSPS) is 13.5. The summed E-state index contributed by atoms with van der Waals surface area (Å²) in [4.78, 5) is 13.6. The van der Waals surface area contributed by atoms with Crippen LogP contribution in [-0.4, -0.2) is 28.6 Å². The van der Waals surface area contributed by atoms with Gasteiger partial charge in [0.1, 0.15) is 0 Å². The summed E-state index contributed by atoms with van der Waals surface area (Å²) in [6.07, 6.45) is 0. The van der Waals surface area contributed by atoms with Gasteiger partial charge in [0.2, 0.25) is 5.91 Å². The molecule has 2 nitrogen and oxygen atoms in total. The maximum absolute atomic E-state index is 11.7. The highest BCUT2D eigenvalue weighted by Gasteiger charge is 2.20. The molecule has 0 aliphatic carbocycles.